The smallest absolute Gasteiger partial charge is 0.0670 e. The van der Waals surface area contributed by atoms with Crippen molar-refractivity contribution >= 4 is 22.7 Å². The molecule has 0 fully saturated rings. The van der Waals surface area contributed by atoms with Crippen LogP contribution in [0.5, 0.6) is 0 Å². The Bertz CT molecular complexity index is 639. The van der Waals surface area contributed by atoms with Crippen LogP contribution in [-0.4, -0.2) is 6.54 Å². The summed E-state index contributed by atoms with van der Waals surface area (Å²) in [6.45, 7) is 1.98. The minimum absolute atomic E-state index is 0.372. The van der Waals surface area contributed by atoms with E-state index in [0.29, 0.717) is 12.1 Å². The molecular formula is C15H15N3S. The Morgan fingerprint density at radius 3 is 3.11 bits per heavy atom. The SMILES string of the molecule is N#CCc1cc(N2CCc3sccc3C2)ccc1N. The van der Waals surface area contributed by atoms with Gasteiger partial charge in [-0.25, -0.2) is 0 Å². The van der Waals surface area contributed by atoms with Gasteiger partial charge < -0.3 is 10.6 Å². The summed E-state index contributed by atoms with van der Waals surface area (Å²) in [7, 11) is 0. The number of nitrogen functional groups attached to an aromatic ring is 1. The van der Waals surface area contributed by atoms with Gasteiger partial charge in [0.05, 0.1) is 12.5 Å². The number of fused-ring (bicyclic) bond motifs is 1. The van der Waals surface area contributed by atoms with Crippen molar-refractivity contribution in [2.24, 2.45) is 0 Å². The summed E-state index contributed by atoms with van der Waals surface area (Å²) >= 11 is 1.85. The van der Waals surface area contributed by atoms with E-state index in [0.717, 1.165) is 30.8 Å². The van der Waals surface area contributed by atoms with Crippen molar-refractivity contribution < 1.29 is 0 Å². The van der Waals surface area contributed by atoms with Crippen molar-refractivity contribution in [2.75, 3.05) is 17.2 Å². The van der Waals surface area contributed by atoms with Gasteiger partial charge in [-0.2, -0.15) is 5.26 Å². The summed E-state index contributed by atoms with van der Waals surface area (Å²) in [6.07, 6.45) is 1.47. The minimum Gasteiger partial charge on any atom is -0.398 e. The summed E-state index contributed by atoms with van der Waals surface area (Å²) < 4.78 is 0. The topological polar surface area (TPSA) is 53.0 Å². The predicted octanol–water partition coefficient (Wildman–Crippen LogP) is 2.96. The highest BCUT2D eigenvalue weighted by Gasteiger charge is 2.17. The largest absolute Gasteiger partial charge is 0.398 e. The van der Waals surface area contributed by atoms with Gasteiger partial charge in [-0.1, -0.05) is 0 Å². The lowest BCUT2D eigenvalue weighted by atomic mass is 10.1. The molecule has 0 atom stereocenters. The van der Waals surface area contributed by atoms with Gasteiger partial charge in [0.25, 0.3) is 0 Å². The van der Waals surface area contributed by atoms with Crippen LogP contribution in [0.1, 0.15) is 16.0 Å². The molecule has 96 valence electrons. The molecule has 0 unspecified atom stereocenters. The third-order valence-corrected chi connectivity index (χ3v) is 4.59. The van der Waals surface area contributed by atoms with Crippen LogP contribution in [0, 0.1) is 11.3 Å². The lowest BCUT2D eigenvalue weighted by Crippen LogP contribution is -2.29. The molecule has 3 nitrogen and oxygen atoms in total. The molecule has 0 amide bonds. The molecule has 0 saturated carbocycles. The van der Waals surface area contributed by atoms with E-state index < -0.39 is 0 Å². The third-order valence-electron chi connectivity index (χ3n) is 3.57. The van der Waals surface area contributed by atoms with Crippen LogP contribution in [0.3, 0.4) is 0 Å². The van der Waals surface area contributed by atoms with E-state index in [1.165, 1.54) is 10.4 Å². The van der Waals surface area contributed by atoms with E-state index in [1.807, 2.05) is 23.5 Å². The maximum absolute atomic E-state index is 8.83. The van der Waals surface area contributed by atoms with Gasteiger partial charge in [0, 0.05) is 29.3 Å². The number of hydrogen-bond acceptors (Lipinski definition) is 4. The van der Waals surface area contributed by atoms with Crippen molar-refractivity contribution in [3.05, 3.63) is 45.6 Å². The molecule has 2 aromatic rings. The molecule has 3 rings (SSSR count). The second kappa shape index (κ2) is 4.94. The monoisotopic (exact) mass is 269 g/mol. The molecule has 0 bridgehead atoms. The number of anilines is 2. The highest BCUT2D eigenvalue weighted by Crippen LogP contribution is 2.29. The van der Waals surface area contributed by atoms with Crippen molar-refractivity contribution in [2.45, 2.75) is 19.4 Å². The van der Waals surface area contributed by atoms with Gasteiger partial charge in [0.1, 0.15) is 0 Å². The van der Waals surface area contributed by atoms with E-state index in [9.17, 15) is 0 Å². The zero-order valence-corrected chi connectivity index (χ0v) is 11.4. The molecule has 1 aliphatic heterocycles. The molecule has 0 radical (unpaired) electrons. The first-order valence-electron chi connectivity index (χ1n) is 6.33. The molecule has 1 aromatic carbocycles. The average molecular weight is 269 g/mol. The zero-order chi connectivity index (χ0) is 13.2. The number of nitrogens with zero attached hydrogens (tertiary/aromatic N) is 2. The van der Waals surface area contributed by atoms with Gasteiger partial charge in [0.2, 0.25) is 0 Å². The number of nitrogens with two attached hydrogens (primary N) is 1. The van der Waals surface area contributed by atoms with Gasteiger partial charge >= 0.3 is 0 Å². The maximum atomic E-state index is 8.83. The van der Waals surface area contributed by atoms with Crippen LogP contribution in [0.4, 0.5) is 11.4 Å². The maximum Gasteiger partial charge on any atom is 0.0670 e. The fourth-order valence-corrected chi connectivity index (χ4v) is 3.39. The fourth-order valence-electron chi connectivity index (χ4n) is 2.50. The van der Waals surface area contributed by atoms with E-state index in [4.69, 9.17) is 11.0 Å². The Morgan fingerprint density at radius 2 is 2.26 bits per heavy atom. The lowest BCUT2D eigenvalue weighted by molar-refractivity contribution is 0.743. The number of hydrogen-bond donors (Lipinski definition) is 1. The molecular weight excluding hydrogens is 254 g/mol. The lowest BCUT2D eigenvalue weighted by Gasteiger charge is -2.29. The first kappa shape index (κ1) is 12.1. The molecule has 0 saturated heterocycles. The number of thiophene rings is 1. The van der Waals surface area contributed by atoms with Gasteiger partial charge in [0.15, 0.2) is 0 Å². The Kier molecular flexibility index (Phi) is 3.14. The van der Waals surface area contributed by atoms with Crippen LogP contribution in [-0.2, 0) is 19.4 Å². The first-order valence-corrected chi connectivity index (χ1v) is 7.21. The van der Waals surface area contributed by atoms with Crippen molar-refractivity contribution in [3.8, 4) is 6.07 Å². The number of nitriles is 1. The van der Waals surface area contributed by atoms with Gasteiger partial charge in [-0.3, -0.25) is 0 Å². The second-order valence-corrected chi connectivity index (χ2v) is 5.76. The Hall–Kier alpha value is -1.99. The summed E-state index contributed by atoms with van der Waals surface area (Å²) in [5.41, 5.74) is 10.1. The van der Waals surface area contributed by atoms with Crippen LogP contribution in [0.2, 0.25) is 0 Å². The van der Waals surface area contributed by atoms with E-state index >= 15 is 0 Å². The number of rotatable bonds is 2. The molecule has 2 heterocycles. The standard InChI is InChI=1S/C15H15N3S/c16-6-3-11-9-13(1-2-14(11)17)18-7-4-15-12(10-18)5-8-19-15/h1-2,5,8-9H,3-4,7,10,17H2. The average Bonchev–Trinajstić information content (AvgIpc) is 2.89. The summed E-state index contributed by atoms with van der Waals surface area (Å²) in [5.74, 6) is 0. The Labute approximate surface area is 116 Å². The molecule has 1 aromatic heterocycles. The molecule has 0 spiro atoms. The third kappa shape index (κ3) is 2.29. The first-order chi connectivity index (χ1) is 9.28. The Morgan fingerprint density at radius 1 is 1.37 bits per heavy atom. The number of benzene rings is 1. The fraction of sp³-hybridized carbons (Fsp3) is 0.267. The van der Waals surface area contributed by atoms with E-state index in [1.54, 1.807) is 0 Å². The summed E-state index contributed by atoms with van der Waals surface area (Å²) in [6, 6.07) is 10.4. The van der Waals surface area contributed by atoms with Crippen LogP contribution in [0.25, 0.3) is 0 Å². The minimum atomic E-state index is 0.372. The van der Waals surface area contributed by atoms with Crippen LogP contribution >= 0.6 is 11.3 Å². The van der Waals surface area contributed by atoms with Gasteiger partial charge in [-0.05, 0) is 47.2 Å². The van der Waals surface area contributed by atoms with Crippen LogP contribution < -0.4 is 10.6 Å². The Balaban J connectivity index is 1.88. The van der Waals surface area contributed by atoms with E-state index in [2.05, 4.69) is 28.5 Å². The van der Waals surface area contributed by atoms with E-state index in [-0.39, 0.29) is 0 Å². The van der Waals surface area contributed by atoms with Crippen molar-refractivity contribution in [1.82, 2.24) is 0 Å². The van der Waals surface area contributed by atoms with Crippen LogP contribution in [0.15, 0.2) is 29.6 Å². The second-order valence-electron chi connectivity index (χ2n) is 4.76. The summed E-state index contributed by atoms with van der Waals surface area (Å²) in [4.78, 5) is 3.86. The highest BCUT2D eigenvalue weighted by atomic mass is 32.1. The van der Waals surface area contributed by atoms with Gasteiger partial charge in [-0.15, -0.1) is 11.3 Å². The molecule has 2 N–H and O–H groups in total. The normalized spacial score (nSPS) is 13.9. The zero-order valence-electron chi connectivity index (χ0n) is 10.6. The molecule has 0 aliphatic carbocycles. The highest BCUT2D eigenvalue weighted by molar-refractivity contribution is 7.10. The van der Waals surface area contributed by atoms with Crippen molar-refractivity contribution in [1.29, 1.82) is 5.26 Å². The predicted molar refractivity (Wildman–Crippen MR) is 79.2 cm³/mol. The molecule has 1 aliphatic rings. The van der Waals surface area contributed by atoms with Crippen molar-refractivity contribution in [3.63, 3.8) is 0 Å². The molecule has 19 heavy (non-hydrogen) atoms. The quantitative estimate of drug-likeness (QED) is 0.853. The summed E-state index contributed by atoms with van der Waals surface area (Å²) in [5, 5.41) is 11.0. The molecule has 4 heteroatoms.